The molecule has 0 saturated heterocycles. The number of methoxy groups -OCH3 is 1. The van der Waals surface area contributed by atoms with Crippen molar-refractivity contribution in [1.82, 2.24) is 10.3 Å². The van der Waals surface area contributed by atoms with E-state index in [1.165, 1.54) is 7.05 Å². The third kappa shape index (κ3) is 3.17. The van der Waals surface area contributed by atoms with E-state index >= 15 is 0 Å². The number of nitrogens with two attached hydrogens (primary N) is 1. The molecule has 0 bridgehead atoms. The molecule has 1 aromatic carbocycles. The Morgan fingerprint density at radius 3 is 2.79 bits per heavy atom. The van der Waals surface area contributed by atoms with Gasteiger partial charge in [-0.25, -0.2) is 0 Å². The van der Waals surface area contributed by atoms with Crippen LogP contribution >= 0.6 is 12.4 Å². The number of nitrogens with zero attached hydrogens (tertiary/aromatic N) is 1. The fourth-order valence-electron chi connectivity index (χ4n) is 1.60. The number of aromatic amines is 1. The van der Waals surface area contributed by atoms with Crippen LogP contribution < -0.4 is 15.8 Å². The van der Waals surface area contributed by atoms with Gasteiger partial charge in [0.2, 0.25) is 0 Å². The van der Waals surface area contributed by atoms with E-state index in [1.807, 2.05) is 18.2 Å². The average Bonchev–Trinajstić information content (AvgIpc) is 2.81. The first-order chi connectivity index (χ1) is 8.63. The van der Waals surface area contributed by atoms with Crippen molar-refractivity contribution in [2.75, 3.05) is 14.2 Å². The number of hydrogen-bond donors (Lipinski definition) is 3. The number of aliphatic imine (C=N–C) groups is 1. The Bertz CT molecular complexity index is 621. The van der Waals surface area contributed by atoms with E-state index in [9.17, 15) is 4.79 Å². The standard InChI is InChI=1S/C12H14N4O2.ClH/c1-14-12(13)16-11(17)10-5-7-3-4-8(18-2)6-9(7)15-10;/h3-6,15H,1-2H3,(H3,13,14,16,17);1H. The molecule has 2 rings (SSSR count). The van der Waals surface area contributed by atoms with Crippen LogP contribution in [0.4, 0.5) is 0 Å². The summed E-state index contributed by atoms with van der Waals surface area (Å²) in [4.78, 5) is 18.5. The van der Waals surface area contributed by atoms with Gasteiger partial charge in [-0.15, -0.1) is 12.4 Å². The number of fused-ring (bicyclic) bond motifs is 1. The number of aromatic nitrogens is 1. The van der Waals surface area contributed by atoms with E-state index in [0.717, 1.165) is 16.7 Å². The maximum Gasteiger partial charge on any atom is 0.274 e. The van der Waals surface area contributed by atoms with Gasteiger partial charge in [0, 0.05) is 24.0 Å². The molecule has 0 radical (unpaired) electrons. The number of halogens is 1. The molecular weight excluding hydrogens is 268 g/mol. The number of amides is 1. The topological polar surface area (TPSA) is 92.5 Å². The van der Waals surface area contributed by atoms with Gasteiger partial charge < -0.3 is 15.5 Å². The zero-order chi connectivity index (χ0) is 13.1. The molecule has 1 amide bonds. The molecule has 4 N–H and O–H groups in total. The van der Waals surface area contributed by atoms with Gasteiger partial charge in [-0.05, 0) is 18.2 Å². The maximum atomic E-state index is 11.8. The molecule has 0 aliphatic rings. The largest absolute Gasteiger partial charge is 0.497 e. The normalized spacial score (nSPS) is 10.9. The number of ether oxygens (including phenoxy) is 1. The number of rotatable bonds is 2. The predicted molar refractivity (Wildman–Crippen MR) is 77.1 cm³/mol. The van der Waals surface area contributed by atoms with Crippen molar-refractivity contribution >= 4 is 35.2 Å². The van der Waals surface area contributed by atoms with Crippen LogP contribution in [-0.4, -0.2) is 31.0 Å². The summed E-state index contributed by atoms with van der Waals surface area (Å²) in [5, 5.41) is 3.39. The molecule has 2 aromatic rings. The minimum atomic E-state index is -0.326. The highest BCUT2D eigenvalue weighted by Crippen LogP contribution is 2.21. The lowest BCUT2D eigenvalue weighted by atomic mass is 10.2. The Hall–Kier alpha value is -2.21. The molecule has 1 heterocycles. The minimum absolute atomic E-state index is 0. The Kier molecular flexibility index (Phi) is 4.77. The quantitative estimate of drug-likeness (QED) is 0.572. The molecule has 0 unspecified atom stereocenters. The predicted octanol–water partition coefficient (Wildman–Crippen LogP) is 1.27. The molecule has 19 heavy (non-hydrogen) atoms. The van der Waals surface area contributed by atoms with Crippen LogP contribution in [0.15, 0.2) is 29.3 Å². The van der Waals surface area contributed by atoms with Crippen molar-refractivity contribution in [1.29, 1.82) is 0 Å². The second kappa shape index (κ2) is 6.10. The second-order valence-electron chi connectivity index (χ2n) is 3.70. The summed E-state index contributed by atoms with van der Waals surface area (Å²) in [5.74, 6) is 0.482. The van der Waals surface area contributed by atoms with Crippen molar-refractivity contribution < 1.29 is 9.53 Å². The third-order valence-electron chi connectivity index (χ3n) is 2.56. The fraction of sp³-hybridized carbons (Fsp3) is 0.167. The van der Waals surface area contributed by atoms with Crippen LogP contribution in [0.2, 0.25) is 0 Å². The van der Waals surface area contributed by atoms with Crippen LogP contribution in [0.5, 0.6) is 5.75 Å². The molecule has 0 aliphatic carbocycles. The first-order valence-electron chi connectivity index (χ1n) is 5.34. The van der Waals surface area contributed by atoms with Gasteiger partial charge in [0.25, 0.3) is 5.91 Å². The van der Waals surface area contributed by atoms with Crippen molar-refractivity contribution in [2.24, 2.45) is 10.7 Å². The van der Waals surface area contributed by atoms with Gasteiger partial charge >= 0.3 is 0 Å². The number of H-pyrrole nitrogens is 1. The van der Waals surface area contributed by atoms with Crippen LogP contribution in [0.25, 0.3) is 10.9 Å². The molecule has 0 aliphatic heterocycles. The lowest BCUT2D eigenvalue weighted by Crippen LogP contribution is -2.36. The monoisotopic (exact) mass is 282 g/mol. The first kappa shape index (κ1) is 14.8. The lowest BCUT2D eigenvalue weighted by Gasteiger charge is -2.00. The average molecular weight is 283 g/mol. The highest BCUT2D eigenvalue weighted by molar-refractivity contribution is 6.06. The van der Waals surface area contributed by atoms with Crippen LogP contribution in [0.1, 0.15) is 10.5 Å². The van der Waals surface area contributed by atoms with Crippen molar-refractivity contribution in [3.63, 3.8) is 0 Å². The molecule has 102 valence electrons. The second-order valence-corrected chi connectivity index (χ2v) is 3.70. The summed E-state index contributed by atoms with van der Waals surface area (Å²) in [6.07, 6.45) is 0. The molecule has 0 atom stereocenters. The summed E-state index contributed by atoms with van der Waals surface area (Å²) in [7, 11) is 3.10. The number of nitrogens with one attached hydrogen (secondary N) is 2. The van der Waals surface area contributed by atoms with Crippen molar-refractivity contribution in [3.8, 4) is 5.75 Å². The highest BCUT2D eigenvalue weighted by atomic mass is 35.5. The molecule has 0 spiro atoms. The zero-order valence-electron chi connectivity index (χ0n) is 10.6. The van der Waals surface area contributed by atoms with Crippen molar-refractivity contribution in [3.05, 3.63) is 30.0 Å². The van der Waals surface area contributed by atoms with E-state index in [0.29, 0.717) is 5.69 Å². The van der Waals surface area contributed by atoms with E-state index in [1.54, 1.807) is 13.2 Å². The summed E-state index contributed by atoms with van der Waals surface area (Å²) in [6.45, 7) is 0. The molecular formula is C12H15ClN4O2. The minimum Gasteiger partial charge on any atom is -0.497 e. The van der Waals surface area contributed by atoms with Gasteiger partial charge in [-0.3, -0.25) is 15.1 Å². The van der Waals surface area contributed by atoms with E-state index in [4.69, 9.17) is 10.5 Å². The molecule has 0 saturated carbocycles. The van der Waals surface area contributed by atoms with Gasteiger partial charge in [-0.2, -0.15) is 0 Å². The summed E-state index contributed by atoms with van der Waals surface area (Å²) in [6, 6.07) is 7.27. The SMILES string of the molecule is CN=C(N)NC(=O)c1cc2ccc(OC)cc2[nH]1.Cl. The number of carbonyl (C=O) groups excluding carboxylic acids is 1. The summed E-state index contributed by atoms with van der Waals surface area (Å²) >= 11 is 0. The van der Waals surface area contributed by atoms with E-state index < -0.39 is 0 Å². The highest BCUT2D eigenvalue weighted by Gasteiger charge is 2.10. The van der Waals surface area contributed by atoms with Crippen LogP contribution in [-0.2, 0) is 0 Å². The number of benzene rings is 1. The van der Waals surface area contributed by atoms with E-state index in [2.05, 4.69) is 15.3 Å². The lowest BCUT2D eigenvalue weighted by molar-refractivity contribution is 0.0972. The Morgan fingerprint density at radius 2 is 2.16 bits per heavy atom. The first-order valence-corrected chi connectivity index (χ1v) is 5.34. The molecule has 0 fully saturated rings. The third-order valence-corrected chi connectivity index (χ3v) is 2.56. The fourth-order valence-corrected chi connectivity index (χ4v) is 1.60. The Labute approximate surface area is 116 Å². The smallest absolute Gasteiger partial charge is 0.274 e. The Balaban J connectivity index is 0.00000180. The van der Waals surface area contributed by atoms with E-state index in [-0.39, 0.29) is 24.3 Å². The number of carbonyl (C=O) groups is 1. The van der Waals surface area contributed by atoms with Gasteiger partial charge in [-0.1, -0.05) is 0 Å². The molecule has 7 heteroatoms. The molecule has 6 nitrogen and oxygen atoms in total. The van der Waals surface area contributed by atoms with Gasteiger partial charge in [0.1, 0.15) is 11.4 Å². The van der Waals surface area contributed by atoms with Gasteiger partial charge in [0.05, 0.1) is 7.11 Å². The van der Waals surface area contributed by atoms with Crippen LogP contribution in [0, 0.1) is 0 Å². The van der Waals surface area contributed by atoms with Crippen LogP contribution in [0.3, 0.4) is 0 Å². The number of guanidine groups is 1. The summed E-state index contributed by atoms with van der Waals surface area (Å²) < 4.78 is 5.11. The van der Waals surface area contributed by atoms with Crippen molar-refractivity contribution in [2.45, 2.75) is 0 Å². The zero-order valence-corrected chi connectivity index (χ0v) is 11.4. The molecule has 1 aromatic heterocycles. The number of hydrogen-bond acceptors (Lipinski definition) is 3. The van der Waals surface area contributed by atoms with Gasteiger partial charge in [0.15, 0.2) is 5.96 Å². The Morgan fingerprint density at radius 1 is 1.42 bits per heavy atom. The maximum absolute atomic E-state index is 11.8. The summed E-state index contributed by atoms with van der Waals surface area (Å²) in [5.41, 5.74) is 6.68.